The largest absolute Gasteiger partial charge is 0.494 e. The number of rotatable bonds is 8. The molecule has 1 aliphatic heterocycles. The lowest BCUT2D eigenvalue weighted by Gasteiger charge is -2.16. The second-order valence-electron chi connectivity index (χ2n) is 8.82. The van der Waals surface area contributed by atoms with Gasteiger partial charge in [-0.25, -0.2) is 4.90 Å². The van der Waals surface area contributed by atoms with E-state index in [0.717, 1.165) is 23.3 Å². The van der Waals surface area contributed by atoms with Gasteiger partial charge in [0, 0.05) is 11.7 Å². The van der Waals surface area contributed by atoms with E-state index in [1.165, 1.54) is 25.7 Å². The molecular formula is C27H30ClN3O4. The standard InChI is InChI=1S/C27H30ClN3O4/c1-2-35-22-15-13-21(14-16-22)31-26(33)24(28)25(27(31)34)30-20-11-9-18(10-12-20)17-23(32)29-19-7-5-3-4-6-8-19/h9-16,19,30H,2-8,17H2,1H3,(H,29,32). The van der Waals surface area contributed by atoms with Crippen LogP contribution in [0.15, 0.2) is 59.3 Å². The van der Waals surface area contributed by atoms with Crippen LogP contribution in [0, 0.1) is 0 Å². The van der Waals surface area contributed by atoms with Gasteiger partial charge in [-0.1, -0.05) is 49.4 Å². The molecule has 3 amide bonds. The van der Waals surface area contributed by atoms with Crippen molar-refractivity contribution in [3.8, 4) is 5.75 Å². The predicted molar refractivity (Wildman–Crippen MR) is 136 cm³/mol. The lowest BCUT2D eigenvalue weighted by molar-refractivity contribution is -0.122. The quantitative estimate of drug-likeness (QED) is 0.401. The van der Waals surface area contributed by atoms with E-state index in [2.05, 4.69) is 10.6 Å². The second-order valence-corrected chi connectivity index (χ2v) is 9.19. The number of benzene rings is 2. The molecule has 2 N–H and O–H groups in total. The van der Waals surface area contributed by atoms with Crippen molar-refractivity contribution in [2.24, 2.45) is 0 Å². The molecule has 1 aliphatic carbocycles. The van der Waals surface area contributed by atoms with Gasteiger partial charge in [0.05, 0.1) is 18.7 Å². The van der Waals surface area contributed by atoms with Crippen LogP contribution in [0.4, 0.5) is 11.4 Å². The highest BCUT2D eigenvalue weighted by atomic mass is 35.5. The van der Waals surface area contributed by atoms with Crippen molar-refractivity contribution in [2.75, 3.05) is 16.8 Å². The third-order valence-corrected chi connectivity index (χ3v) is 6.59. The summed E-state index contributed by atoms with van der Waals surface area (Å²) in [5, 5.41) is 5.95. The monoisotopic (exact) mass is 495 g/mol. The van der Waals surface area contributed by atoms with Crippen molar-refractivity contribution < 1.29 is 19.1 Å². The fourth-order valence-corrected chi connectivity index (χ4v) is 4.65. The maximum absolute atomic E-state index is 13.0. The molecule has 2 aliphatic rings. The first-order valence-corrected chi connectivity index (χ1v) is 12.5. The van der Waals surface area contributed by atoms with Crippen LogP contribution < -0.4 is 20.3 Å². The Balaban J connectivity index is 1.37. The number of carbonyl (C=O) groups is 3. The van der Waals surface area contributed by atoms with E-state index in [1.54, 1.807) is 36.4 Å². The molecule has 8 heteroatoms. The lowest BCUT2D eigenvalue weighted by Crippen LogP contribution is -2.35. The molecule has 4 rings (SSSR count). The molecule has 2 aromatic rings. The topological polar surface area (TPSA) is 87.7 Å². The van der Waals surface area contributed by atoms with Crippen molar-refractivity contribution in [1.29, 1.82) is 0 Å². The third kappa shape index (κ3) is 6.03. The molecule has 0 spiro atoms. The van der Waals surface area contributed by atoms with Crippen LogP contribution in [0.1, 0.15) is 51.0 Å². The van der Waals surface area contributed by atoms with Gasteiger partial charge < -0.3 is 15.4 Å². The number of hydrogen-bond acceptors (Lipinski definition) is 5. The lowest BCUT2D eigenvalue weighted by atomic mass is 10.1. The maximum atomic E-state index is 13.0. The molecule has 2 aromatic carbocycles. The maximum Gasteiger partial charge on any atom is 0.283 e. The van der Waals surface area contributed by atoms with Crippen molar-refractivity contribution in [1.82, 2.24) is 5.32 Å². The molecule has 184 valence electrons. The third-order valence-electron chi connectivity index (χ3n) is 6.24. The van der Waals surface area contributed by atoms with Gasteiger partial charge in [-0.05, 0) is 61.7 Å². The highest BCUT2D eigenvalue weighted by molar-refractivity contribution is 6.53. The minimum Gasteiger partial charge on any atom is -0.494 e. The van der Waals surface area contributed by atoms with Gasteiger partial charge >= 0.3 is 0 Å². The number of halogens is 1. The molecule has 35 heavy (non-hydrogen) atoms. The van der Waals surface area contributed by atoms with E-state index in [0.29, 0.717) is 30.2 Å². The average Bonchev–Trinajstić information content (AvgIpc) is 3.02. The molecule has 1 fully saturated rings. The summed E-state index contributed by atoms with van der Waals surface area (Å²) in [6.45, 7) is 2.40. The van der Waals surface area contributed by atoms with E-state index >= 15 is 0 Å². The molecule has 0 atom stereocenters. The first-order valence-electron chi connectivity index (χ1n) is 12.1. The molecular weight excluding hydrogens is 466 g/mol. The average molecular weight is 496 g/mol. The molecule has 1 heterocycles. The summed E-state index contributed by atoms with van der Waals surface area (Å²) in [6, 6.07) is 14.1. The Kier molecular flexibility index (Phi) is 8.08. The van der Waals surface area contributed by atoms with Crippen LogP contribution >= 0.6 is 11.6 Å². The number of anilines is 2. The smallest absolute Gasteiger partial charge is 0.283 e. The first kappa shape index (κ1) is 24.8. The van der Waals surface area contributed by atoms with Crippen LogP contribution in [0.25, 0.3) is 0 Å². The van der Waals surface area contributed by atoms with E-state index in [-0.39, 0.29) is 22.7 Å². The normalized spacial score (nSPS) is 16.9. The summed E-state index contributed by atoms with van der Waals surface area (Å²) in [5.74, 6) is -0.451. The highest BCUT2D eigenvalue weighted by Gasteiger charge is 2.39. The SMILES string of the molecule is CCOc1ccc(N2C(=O)C(Cl)=C(Nc3ccc(CC(=O)NC4CCCCCC4)cc3)C2=O)cc1. The summed E-state index contributed by atoms with van der Waals surface area (Å²) in [5.41, 5.74) is 1.89. The Morgan fingerprint density at radius 1 is 0.971 bits per heavy atom. The number of nitrogens with one attached hydrogen (secondary N) is 2. The zero-order chi connectivity index (χ0) is 24.8. The zero-order valence-electron chi connectivity index (χ0n) is 19.8. The Bertz CT molecular complexity index is 1100. The van der Waals surface area contributed by atoms with Gasteiger partial charge in [0.25, 0.3) is 11.8 Å². The van der Waals surface area contributed by atoms with E-state index < -0.39 is 11.8 Å². The van der Waals surface area contributed by atoms with Crippen LogP contribution in [0.5, 0.6) is 5.75 Å². The van der Waals surface area contributed by atoms with Crippen molar-refractivity contribution in [3.05, 3.63) is 64.8 Å². The summed E-state index contributed by atoms with van der Waals surface area (Å²) in [6.07, 6.45) is 7.21. The molecule has 0 saturated heterocycles. The van der Waals surface area contributed by atoms with Crippen molar-refractivity contribution in [2.45, 2.75) is 57.9 Å². The van der Waals surface area contributed by atoms with Gasteiger partial charge in [0.1, 0.15) is 16.5 Å². The molecule has 0 radical (unpaired) electrons. The van der Waals surface area contributed by atoms with E-state index in [9.17, 15) is 14.4 Å². The second kappa shape index (κ2) is 11.4. The molecule has 7 nitrogen and oxygen atoms in total. The Hall–Kier alpha value is -3.32. The molecule has 1 saturated carbocycles. The molecule has 0 aromatic heterocycles. The van der Waals surface area contributed by atoms with Crippen LogP contribution in [-0.4, -0.2) is 30.4 Å². The van der Waals surface area contributed by atoms with Gasteiger partial charge in [-0.2, -0.15) is 0 Å². The summed E-state index contributed by atoms with van der Waals surface area (Å²) in [7, 11) is 0. The Morgan fingerprint density at radius 3 is 2.26 bits per heavy atom. The minimum atomic E-state index is -0.588. The highest BCUT2D eigenvalue weighted by Crippen LogP contribution is 2.31. The number of nitrogens with zero attached hydrogens (tertiary/aromatic N) is 1. The minimum absolute atomic E-state index is 0.0180. The van der Waals surface area contributed by atoms with Gasteiger partial charge in [0.15, 0.2) is 0 Å². The molecule has 0 bridgehead atoms. The summed E-state index contributed by atoms with van der Waals surface area (Å²) >= 11 is 6.23. The number of imide groups is 1. The Morgan fingerprint density at radius 2 is 1.63 bits per heavy atom. The Labute approximate surface area is 210 Å². The van der Waals surface area contributed by atoms with E-state index in [1.807, 2.05) is 19.1 Å². The van der Waals surface area contributed by atoms with Gasteiger partial charge in [0.2, 0.25) is 5.91 Å². The number of amides is 3. The molecule has 0 unspecified atom stereocenters. The fraction of sp³-hybridized carbons (Fsp3) is 0.370. The van der Waals surface area contributed by atoms with Crippen LogP contribution in [0.3, 0.4) is 0 Å². The number of hydrogen-bond donors (Lipinski definition) is 2. The van der Waals surface area contributed by atoms with Crippen LogP contribution in [0.2, 0.25) is 0 Å². The first-order chi connectivity index (χ1) is 17.0. The predicted octanol–water partition coefficient (Wildman–Crippen LogP) is 4.90. The van der Waals surface area contributed by atoms with Gasteiger partial charge in [-0.15, -0.1) is 0 Å². The summed E-state index contributed by atoms with van der Waals surface area (Å²) < 4.78 is 5.41. The fourth-order valence-electron chi connectivity index (χ4n) is 4.44. The van der Waals surface area contributed by atoms with Crippen molar-refractivity contribution in [3.63, 3.8) is 0 Å². The van der Waals surface area contributed by atoms with Gasteiger partial charge in [-0.3, -0.25) is 14.4 Å². The van der Waals surface area contributed by atoms with Crippen LogP contribution in [-0.2, 0) is 20.8 Å². The zero-order valence-corrected chi connectivity index (χ0v) is 20.6. The number of carbonyl (C=O) groups excluding carboxylic acids is 3. The van der Waals surface area contributed by atoms with Crippen molar-refractivity contribution >= 4 is 40.7 Å². The summed E-state index contributed by atoms with van der Waals surface area (Å²) in [4.78, 5) is 39.2. The van der Waals surface area contributed by atoms with E-state index in [4.69, 9.17) is 16.3 Å². The number of ether oxygens (including phenoxy) is 1.